The minimum absolute atomic E-state index is 0.332. The van der Waals surface area contributed by atoms with E-state index in [1.54, 1.807) is 4.90 Å². The van der Waals surface area contributed by atoms with Crippen LogP contribution in [0.2, 0.25) is 0 Å². The lowest BCUT2D eigenvalue weighted by atomic mass is 10.1. The number of likely N-dealkylation sites (tertiary alicyclic amines) is 1. The molecule has 98 valence electrons. The third-order valence-corrected chi connectivity index (χ3v) is 2.38. The van der Waals surface area contributed by atoms with Gasteiger partial charge in [-0.25, -0.2) is 9.59 Å². The number of piperidine rings is 1. The molecular weight excluding hydrogens is 246 g/mol. The van der Waals surface area contributed by atoms with E-state index < -0.39 is 11.0 Å². The Bertz CT molecular complexity index is 300. The smallest absolute Gasteiger partial charge is 0.410 e. The van der Waals surface area contributed by atoms with Crippen molar-refractivity contribution in [2.45, 2.75) is 45.3 Å². The summed E-state index contributed by atoms with van der Waals surface area (Å²) in [7, 11) is 0. The normalized spacial score (nSPS) is 20.9. The second kappa shape index (κ2) is 5.58. The number of carbonyl (C=O) groups excluding carboxylic acids is 2. The predicted molar refractivity (Wildman–Crippen MR) is 63.2 cm³/mol. The predicted octanol–water partition coefficient (Wildman–Crippen LogP) is 2.76. The molecule has 1 atom stereocenters. The zero-order valence-electron chi connectivity index (χ0n) is 10.4. The van der Waals surface area contributed by atoms with Crippen molar-refractivity contribution in [2.75, 3.05) is 13.1 Å². The third kappa shape index (κ3) is 5.26. The molecule has 0 radical (unpaired) electrons. The molecule has 0 aromatic carbocycles. The van der Waals surface area contributed by atoms with Crippen molar-refractivity contribution in [2.24, 2.45) is 0 Å². The van der Waals surface area contributed by atoms with E-state index in [4.69, 9.17) is 21.1 Å². The molecular formula is C11H18ClNO4. The molecule has 0 bridgehead atoms. The average molecular weight is 264 g/mol. The van der Waals surface area contributed by atoms with Gasteiger partial charge in [-0.3, -0.25) is 0 Å². The standard InChI is InChI=1S/C11H18ClNO4/c1-11(2,3)17-10(15)13-6-4-5-8(7-13)16-9(12)14/h8H,4-7H2,1-3H3/t8-/m1/s1. The van der Waals surface area contributed by atoms with Gasteiger partial charge in [-0.1, -0.05) is 0 Å². The van der Waals surface area contributed by atoms with Crippen LogP contribution in [-0.2, 0) is 9.47 Å². The van der Waals surface area contributed by atoms with Gasteiger partial charge in [0.1, 0.15) is 11.7 Å². The fourth-order valence-electron chi connectivity index (χ4n) is 1.66. The summed E-state index contributed by atoms with van der Waals surface area (Å²) >= 11 is 5.15. The van der Waals surface area contributed by atoms with Crippen molar-refractivity contribution in [1.29, 1.82) is 0 Å². The average Bonchev–Trinajstić information content (AvgIpc) is 2.14. The molecule has 1 saturated heterocycles. The number of ether oxygens (including phenoxy) is 2. The minimum Gasteiger partial charge on any atom is -0.448 e. The first-order chi connectivity index (χ1) is 7.78. The van der Waals surface area contributed by atoms with E-state index in [0.717, 1.165) is 12.8 Å². The molecule has 1 heterocycles. The maximum atomic E-state index is 11.8. The van der Waals surface area contributed by atoms with Crippen LogP contribution in [0.15, 0.2) is 0 Å². The summed E-state index contributed by atoms with van der Waals surface area (Å²) in [5.74, 6) is 0. The summed E-state index contributed by atoms with van der Waals surface area (Å²) in [5.41, 5.74) is -1.35. The van der Waals surface area contributed by atoms with Crippen molar-refractivity contribution in [3.63, 3.8) is 0 Å². The SMILES string of the molecule is CC(C)(C)OC(=O)N1CCC[C@@H](OC(=O)Cl)C1. The first-order valence-electron chi connectivity index (χ1n) is 5.62. The van der Waals surface area contributed by atoms with Crippen molar-refractivity contribution in [1.82, 2.24) is 4.90 Å². The van der Waals surface area contributed by atoms with Crippen molar-refractivity contribution in [3.05, 3.63) is 0 Å². The third-order valence-electron chi connectivity index (χ3n) is 2.29. The molecule has 0 aromatic rings. The second-order valence-corrected chi connectivity index (χ2v) is 5.35. The summed E-state index contributed by atoms with van der Waals surface area (Å²) in [6, 6.07) is 0. The summed E-state index contributed by atoms with van der Waals surface area (Å²) in [5, 5.41) is 0. The Morgan fingerprint density at radius 1 is 1.35 bits per heavy atom. The van der Waals surface area contributed by atoms with Gasteiger partial charge in [0.2, 0.25) is 0 Å². The second-order valence-electron chi connectivity index (χ2n) is 5.05. The first-order valence-corrected chi connectivity index (χ1v) is 6.00. The fraction of sp³-hybridized carbons (Fsp3) is 0.818. The van der Waals surface area contributed by atoms with Gasteiger partial charge in [0.25, 0.3) is 0 Å². The van der Waals surface area contributed by atoms with Crippen LogP contribution in [0.25, 0.3) is 0 Å². The van der Waals surface area contributed by atoms with Gasteiger partial charge in [-0.15, -0.1) is 0 Å². The lowest BCUT2D eigenvalue weighted by Gasteiger charge is -2.33. The minimum atomic E-state index is -0.832. The number of hydrogen-bond donors (Lipinski definition) is 0. The largest absolute Gasteiger partial charge is 0.448 e. The van der Waals surface area contributed by atoms with Crippen molar-refractivity contribution >= 4 is 23.1 Å². The number of carbonyl (C=O) groups is 2. The quantitative estimate of drug-likeness (QED) is 0.683. The van der Waals surface area contributed by atoms with Crippen LogP contribution >= 0.6 is 11.6 Å². The molecule has 0 spiro atoms. The molecule has 1 amide bonds. The van der Waals surface area contributed by atoms with Gasteiger partial charge in [-0.05, 0) is 33.6 Å². The topological polar surface area (TPSA) is 55.8 Å². The van der Waals surface area contributed by atoms with Crippen LogP contribution in [-0.4, -0.2) is 41.2 Å². The maximum absolute atomic E-state index is 11.8. The van der Waals surface area contributed by atoms with Crippen LogP contribution in [0.1, 0.15) is 33.6 Å². The van der Waals surface area contributed by atoms with E-state index in [0.29, 0.717) is 13.1 Å². The van der Waals surface area contributed by atoms with Crippen LogP contribution in [0.5, 0.6) is 0 Å². The van der Waals surface area contributed by atoms with Crippen LogP contribution in [0, 0.1) is 0 Å². The van der Waals surface area contributed by atoms with Gasteiger partial charge in [0, 0.05) is 18.1 Å². The molecule has 17 heavy (non-hydrogen) atoms. The lowest BCUT2D eigenvalue weighted by Crippen LogP contribution is -2.45. The zero-order valence-corrected chi connectivity index (χ0v) is 11.1. The number of amides is 1. The highest BCUT2D eigenvalue weighted by Gasteiger charge is 2.29. The molecule has 1 aliphatic rings. The van der Waals surface area contributed by atoms with Crippen LogP contribution in [0.3, 0.4) is 0 Å². The van der Waals surface area contributed by atoms with Crippen LogP contribution < -0.4 is 0 Å². The van der Waals surface area contributed by atoms with E-state index in [1.807, 2.05) is 20.8 Å². The Morgan fingerprint density at radius 3 is 2.53 bits per heavy atom. The van der Waals surface area contributed by atoms with E-state index in [9.17, 15) is 9.59 Å². The Morgan fingerprint density at radius 2 is 2.00 bits per heavy atom. The number of rotatable bonds is 1. The highest BCUT2D eigenvalue weighted by molar-refractivity contribution is 6.61. The van der Waals surface area contributed by atoms with E-state index in [1.165, 1.54) is 0 Å². The summed E-state index contributed by atoms with van der Waals surface area (Å²) in [6.45, 7) is 6.39. The van der Waals surface area contributed by atoms with E-state index in [-0.39, 0.29) is 12.2 Å². The lowest BCUT2D eigenvalue weighted by molar-refractivity contribution is 0.00225. The molecule has 1 rings (SSSR count). The molecule has 1 aliphatic heterocycles. The molecule has 6 heteroatoms. The summed E-state index contributed by atoms with van der Waals surface area (Å²) < 4.78 is 10.1. The van der Waals surface area contributed by atoms with Gasteiger partial charge in [0.05, 0.1) is 6.54 Å². The van der Waals surface area contributed by atoms with Gasteiger partial charge < -0.3 is 14.4 Å². The molecule has 5 nitrogen and oxygen atoms in total. The van der Waals surface area contributed by atoms with Gasteiger partial charge in [0.15, 0.2) is 0 Å². The van der Waals surface area contributed by atoms with E-state index in [2.05, 4.69) is 0 Å². The maximum Gasteiger partial charge on any atom is 0.410 e. The number of halogens is 1. The zero-order chi connectivity index (χ0) is 13.1. The molecule has 0 aromatic heterocycles. The number of nitrogens with zero attached hydrogens (tertiary/aromatic N) is 1. The van der Waals surface area contributed by atoms with Crippen molar-refractivity contribution in [3.8, 4) is 0 Å². The fourth-order valence-corrected chi connectivity index (χ4v) is 1.78. The van der Waals surface area contributed by atoms with Gasteiger partial charge >= 0.3 is 11.5 Å². The Balaban J connectivity index is 2.49. The molecule has 0 unspecified atom stereocenters. The summed E-state index contributed by atoms with van der Waals surface area (Å²) in [6.07, 6.45) is 0.778. The van der Waals surface area contributed by atoms with Crippen LogP contribution in [0.4, 0.5) is 9.59 Å². The van der Waals surface area contributed by atoms with Gasteiger partial charge in [-0.2, -0.15) is 0 Å². The number of hydrogen-bond acceptors (Lipinski definition) is 4. The Kier molecular flexibility index (Phi) is 4.62. The highest BCUT2D eigenvalue weighted by Crippen LogP contribution is 2.17. The molecule has 0 aliphatic carbocycles. The molecule has 1 fully saturated rings. The molecule has 0 saturated carbocycles. The molecule has 0 N–H and O–H groups in total. The first kappa shape index (κ1) is 14.1. The summed E-state index contributed by atoms with van der Waals surface area (Å²) in [4.78, 5) is 23.9. The van der Waals surface area contributed by atoms with E-state index >= 15 is 0 Å². The highest BCUT2D eigenvalue weighted by atomic mass is 35.5. The Labute approximate surface area is 106 Å². The Hall–Kier alpha value is -0.970. The van der Waals surface area contributed by atoms with Crippen molar-refractivity contribution < 1.29 is 19.1 Å². The monoisotopic (exact) mass is 263 g/mol.